The molecular formula is C12H18N2O6. The molecule has 1 rings (SSSR count). The van der Waals surface area contributed by atoms with Gasteiger partial charge in [0.2, 0.25) is 11.8 Å². The second-order valence-electron chi connectivity index (χ2n) is 4.24. The summed E-state index contributed by atoms with van der Waals surface area (Å²) in [6.45, 7) is 2.30. The first-order chi connectivity index (χ1) is 9.47. The molecule has 0 unspecified atom stereocenters. The maximum absolute atomic E-state index is 11.7. The number of rotatable bonds is 6. The molecule has 0 saturated carbocycles. The number of hydrogen-bond donors (Lipinski definition) is 0. The first kappa shape index (κ1) is 16.1. The lowest BCUT2D eigenvalue weighted by molar-refractivity contribution is -0.164. The smallest absolute Gasteiger partial charge is 0.308 e. The number of imide groups is 1. The molecule has 1 heterocycles. The Morgan fingerprint density at radius 1 is 1.10 bits per heavy atom. The molecule has 1 saturated heterocycles. The molecule has 0 bridgehead atoms. The highest BCUT2D eigenvalue weighted by Gasteiger charge is 2.30. The van der Waals surface area contributed by atoms with Crippen LogP contribution >= 0.6 is 0 Å². The zero-order valence-corrected chi connectivity index (χ0v) is 11.6. The molecule has 0 aromatic carbocycles. The fourth-order valence-corrected chi connectivity index (χ4v) is 1.63. The predicted octanol–water partition coefficient (Wildman–Crippen LogP) is -0.869. The summed E-state index contributed by atoms with van der Waals surface area (Å²) in [7, 11) is 1.22. The lowest BCUT2D eigenvalue weighted by Crippen LogP contribution is -2.54. The monoisotopic (exact) mass is 286 g/mol. The summed E-state index contributed by atoms with van der Waals surface area (Å²) >= 11 is 0. The molecule has 112 valence electrons. The van der Waals surface area contributed by atoms with E-state index in [1.54, 1.807) is 4.90 Å². The number of ether oxygens (including phenoxy) is 2. The molecule has 0 aliphatic carbocycles. The van der Waals surface area contributed by atoms with Gasteiger partial charge in [-0.15, -0.1) is 0 Å². The van der Waals surface area contributed by atoms with E-state index in [4.69, 9.17) is 4.74 Å². The second kappa shape index (κ2) is 7.59. The molecule has 20 heavy (non-hydrogen) atoms. The molecule has 1 aliphatic rings. The maximum atomic E-state index is 11.7. The van der Waals surface area contributed by atoms with Crippen LogP contribution in [0.4, 0.5) is 0 Å². The Morgan fingerprint density at radius 2 is 1.65 bits per heavy atom. The van der Waals surface area contributed by atoms with Gasteiger partial charge in [-0.05, 0) is 6.54 Å². The van der Waals surface area contributed by atoms with E-state index < -0.39 is 30.5 Å². The van der Waals surface area contributed by atoms with E-state index in [1.807, 2.05) is 6.92 Å². The summed E-state index contributed by atoms with van der Waals surface area (Å²) in [5, 5.41) is 0. The van der Waals surface area contributed by atoms with E-state index in [0.717, 1.165) is 4.90 Å². The fraction of sp³-hybridized carbons (Fsp3) is 0.667. The van der Waals surface area contributed by atoms with Gasteiger partial charge in [-0.1, -0.05) is 6.92 Å². The number of nitrogens with zero attached hydrogens (tertiary/aromatic N) is 2. The number of esters is 2. The van der Waals surface area contributed by atoms with Gasteiger partial charge in [0.05, 0.1) is 33.0 Å². The van der Waals surface area contributed by atoms with Crippen molar-refractivity contribution in [1.29, 1.82) is 0 Å². The number of carbonyl (C=O) groups is 4. The molecule has 1 fully saturated rings. The molecule has 0 atom stereocenters. The quantitative estimate of drug-likeness (QED) is 0.463. The van der Waals surface area contributed by atoms with Crippen molar-refractivity contribution in [3.05, 3.63) is 0 Å². The zero-order valence-electron chi connectivity index (χ0n) is 11.6. The Morgan fingerprint density at radius 3 is 2.15 bits per heavy atom. The molecular weight excluding hydrogens is 268 g/mol. The van der Waals surface area contributed by atoms with Crippen LogP contribution in [0.2, 0.25) is 0 Å². The molecule has 8 nitrogen and oxygen atoms in total. The summed E-state index contributed by atoms with van der Waals surface area (Å²) in [5.74, 6) is -1.98. The van der Waals surface area contributed by atoms with Gasteiger partial charge in [0.1, 0.15) is 0 Å². The Bertz CT molecular complexity index is 391. The second-order valence-corrected chi connectivity index (χ2v) is 4.24. The number of hydrogen-bond acceptors (Lipinski definition) is 7. The molecule has 0 spiro atoms. The van der Waals surface area contributed by atoms with E-state index in [9.17, 15) is 19.2 Å². The van der Waals surface area contributed by atoms with E-state index >= 15 is 0 Å². The number of carbonyl (C=O) groups excluding carboxylic acids is 4. The van der Waals surface area contributed by atoms with Crippen LogP contribution < -0.4 is 0 Å². The van der Waals surface area contributed by atoms with Gasteiger partial charge in [-0.2, -0.15) is 0 Å². The van der Waals surface area contributed by atoms with Crippen molar-refractivity contribution in [2.24, 2.45) is 0 Å². The molecule has 8 heteroatoms. The normalized spacial score (nSPS) is 16.2. The van der Waals surface area contributed by atoms with Crippen molar-refractivity contribution >= 4 is 23.8 Å². The van der Waals surface area contributed by atoms with Gasteiger partial charge in [-0.3, -0.25) is 24.1 Å². The highest BCUT2D eigenvalue weighted by Crippen LogP contribution is 2.05. The Labute approximate surface area is 116 Å². The minimum Gasteiger partial charge on any atom is -0.469 e. The van der Waals surface area contributed by atoms with Crippen molar-refractivity contribution < 1.29 is 28.7 Å². The van der Waals surface area contributed by atoms with Crippen molar-refractivity contribution in [1.82, 2.24) is 9.80 Å². The third kappa shape index (κ3) is 4.61. The summed E-state index contributed by atoms with van der Waals surface area (Å²) in [5.41, 5.74) is 0. The van der Waals surface area contributed by atoms with Gasteiger partial charge in [-0.25, -0.2) is 4.90 Å². The predicted molar refractivity (Wildman–Crippen MR) is 66.2 cm³/mol. The topological polar surface area (TPSA) is 93.2 Å². The number of amides is 2. The van der Waals surface area contributed by atoms with Crippen molar-refractivity contribution in [3.63, 3.8) is 0 Å². The van der Waals surface area contributed by atoms with Gasteiger partial charge in [0, 0.05) is 0 Å². The molecule has 0 aromatic rings. The third-order valence-corrected chi connectivity index (χ3v) is 2.88. The largest absolute Gasteiger partial charge is 0.469 e. The summed E-state index contributed by atoms with van der Waals surface area (Å²) in [6, 6.07) is 0. The highest BCUT2D eigenvalue weighted by molar-refractivity contribution is 5.99. The highest BCUT2D eigenvalue weighted by atomic mass is 16.5. The Hall–Kier alpha value is -1.96. The molecule has 0 aromatic heterocycles. The van der Waals surface area contributed by atoms with Gasteiger partial charge >= 0.3 is 11.9 Å². The van der Waals surface area contributed by atoms with E-state index in [2.05, 4.69) is 4.74 Å². The van der Waals surface area contributed by atoms with Crippen LogP contribution in [-0.2, 0) is 28.7 Å². The minimum absolute atomic E-state index is 0.0964. The van der Waals surface area contributed by atoms with Crippen LogP contribution in [0.5, 0.6) is 0 Å². The summed E-state index contributed by atoms with van der Waals surface area (Å²) in [6.07, 6.45) is -0.245. The van der Waals surface area contributed by atoms with E-state index in [-0.39, 0.29) is 25.9 Å². The SMILES string of the molecule is CCN1CC(=O)N(COC(=O)CCC(=O)OC)C(=O)C1. The van der Waals surface area contributed by atoms with Crippen LogP contribution in [0, 0.1) is 0 Å². The molecule has 2 amide bonds. The van der Waals surface area contributed by atoms with Crippen molar-refractivity contribution in [3.8, 4) is 0 Å². The Balaban J connectivity index is 2.37. The first-order valence-corrected chi connectivity index (χ1v) is 6.26. The molecule has 0 radical (unpaired) electrons. The Kier molecular flexibility index (Phi) is 6.10. The maximum Gasteiger partial charge on any atom is 0.308 e. The fourth-order valence-electron chi connectivity index (χ4n) is 1.63. The van der Waals surface area contributed by atoms with Crippen LogP contribution in [0.3, 0.4) is 0 Å². The average Bonchev–Trinajstić information content (AvgIpc) is 2.43. The molecule has 1 aliphatic heterocycles. The number of piperazine rings is 1. The molecule has 0 N–H and O–H groups in total. The van der Waals surface area contributed by atoms with Crippen LogP contribution in [0.25, 0.3) is 0 Å². The van der Waals surface area contributed by atoms with Crippen LogP contribution in [-0.4, -0.2) is 67.0 Å². The zero-order chi connectivity index (χ0) is 15.1. The van der Waals surface area contributed by atoms with Crippen LogP contribution in [0.15, 0.2) is 0 Å². The van der Waals surface area contributed by atoms with Crippen LogP contribution in [0.1, 0.15) is 19.8 Å². The minimum atomic E-state index is -0.658. The lowest BCUT2D eigenvalue weighted by atomic mass is 10.3. The number of likely N-dealkylation sites (N-methyl/N-ethyl adjacent to an activating group) is 1. The number of methoxy groups -OCH3 is 1. The average molecular weight is 286 g/mol. The standard InChI is InChI=1S/C12H18N2O6/c1-3-13-6-9(15)14(10(16)7-13)8-20-12(18)5-4-11(17)19-2/h3-8H2,1-2H3. The van der Waals surface area contributed by atoms with E-state index in [0.29, 0.717) is 6.54 Å². The van der Waals surface area contributed by atoms with Crippen molar-refractivity contribution in [2.75, 3.05) is 33.5 Å². The van der Waals surface area contributed by atoms with Gasteiger partial charge in [0.25, 0.3) is 0 Å². The van der Waals surface area contributed by atoms with Crippen molar-refractivity contribution in [2.45, 2.75) is 19.8 Å². The van der Waals surface area contributed by atoms with E-state index in [1.165, 1.54) is 7.11 Å². The van der Waals surface area contributed by atoms with Gasteiger partial charge in [0.15, 0.2) is 6.73 Å². The summed E-state index contributed by atoms with van der Waals surface area (Å²) < 4.78 is 9.19. The lowest BCUT2D eigenvalue weighted by Gasteiger charge is -2.31. The summed E-state index contributed by atoms with van der Waals surface area (Å²) in [4.78, 5) is 48.2. The third-order valence-electron chi connectivity index (χ3n) is 2.88. The van der Waals surface area contributed by atoms with Gasteiger partial charge < -0.3 is 9.47 Å². The first-order valence-electron chi connectivity index (χ1n) is 6.26.